The molecule has 0 aromatic heterocycles. The van der Waals surface area contributed by atoms with Crippen LogP contribution < -0.4 is 4.74 Å². The van der Waals surface area contributed by atoms with Crippen molar-refractivity contribution in [2.45, 2.75) is 20.0 Å². The lowest BCUT2D eigenvalue weighted by molar-refractivity contribution is -0.144. The Balaban J connectivity index is 2.33. The Morgan fingerprint density at radius 3 is 2.22 bits per heavy atom. The fourth-order valence-corrected chi connectivity index (χ4v) is 2.11. The molecule has 0 radical (unpaired) electrons. The molecule has 0 aliphatic heterocycles. The summed E-state index contributed by atoms with van der Waals surface area (Å²) in [6.45, 7) is 2.68. The second-order valence-electron chi connectivity index (χ2n) is 4.93. The minimum Gasteiger partial charge on any atom is -0.453 e. The quantitative estimate of drug-likeness (QED) is 0.620. The zero-order valence-corrected chi connectivity index (χ0v) is 13.1. The summed E-state index contributed by atoms with van der Waals surface area (Å²) in [6.07, 6.45) is 2.99. The van der Waals surface area contributed by atoms with E-state index in [0.717, 1.165) is 5.56 Å². The van der Waals surface area contributed by atoms with Gasteiger partial charge in [-0.2, -0.15) is 0 Å². The summed E-state index contributed by atoms with van der Waals surface area (Å²) < 4.78 is 10.6. The van der Waals surface area contributed by atoms with Crippen molar-refractivity contribution in [2.24, 2.45) is 0 Å². The number of hydrogen-bond donors (Lipinski definition) is 0. The van der Waals surface area contributed by atoms with Crippen LogP contribution in [0.3, 0.4) is 0 Å². The summed E-state index contributed by atoms with van der Waals surface area (Å²) in [5.74, 6) is -0.458. The molecule has 0 aliphatic carbocycles. The van der Waals surface area contributed by atoms with Gasteiger partial charge in [0.05, 0.1) is 0 Å². The molecule has 0 N–H and O–H groups in total. The molecule has 2 aromatic rings. The van der Waals surface area contributed by atoms with Gasteiger partial charge in [-0.25, -0.2) is 0 Å². The highest BCUT2D eigenvalue weighted by Gasteiger charge is 2.17. The molecule has 0 bridgehead atoms. The third-order valence-electron chi connectivity index (χ3n) is 3.04. The minimum absolute atomic E-state index is 0.379. The standard InChI is InChI=1S/C19H18O4/c1-14(20)22-18-11-7-6-10-17(18)19(23-15(2)21)13-12-16-8-4-3-5-9-16/h3-13,19H,1-2H3/b13-12+/t19-/m1/s1. The first-order chi connectivity index (χ1) is 11.1. The molecule has 0 aliphatic rings. The number of carbonyl (C=O) groups excluding carboxylic acids is 2. The van der Waals surface area contributed by atoms with Crippen LogP contribution in [0.4, 0.5) is 0 Å². The van der Waals surface area contributed by atoms with Crippen LogP contribution in [0, 0.1) is 0 Å². The number of carbonyl (C=O) groups is 2. The first-order valence-corrected chi connectivity index (χ1v) is 7.24. The first kappa shape index (κ1) is 16.5. The first-order valence-electron chi connectivity index (χ1n) is 7.24. The van der Waals surface area contributed by atoms with Crippen LogP contribution in [0.25, 0.3) is 6.08 Å². The van der Waals surface area contributed by atoms with Gasteiger partial charge in [-0.1, -0.05) is 54.6 Å². The number of hydrogen-bond acceptors (Lipinski definition) is 4. The van der Waals surface area contributed by atoms with Gasteiger partial charge in [0.2, 0.25) is 0 Å². The maximum atomic E-state index is 11.4. The normalized spacial score (nSPS) is 11.9. The predicted octanol–water partition coefficient (Wildman–Crippen LogP) is 3.93. The molecule has 0 amide bonds. The molecule has 0 fully saturated rings. The molecule has 0 spiro atoms. The smallest absolute Gasteiger partial charge is 0.308 e. The van der Waals surface area contributed by atoms with Crippen molar-refractivity contribution in [3.63, 3.8) is 0 Å². The number of benzene rings is 2. The van der Waals surface area contributed by atoms with Gasteiger partial charge < -0.3 is 9.47 Å². The lowest BCUT2D eigenvalue weighted by atomic mass is 10.1. The van der Waals surface area contributed by atoms with Gasteiger partial charge in [-0.05, 0) is 17.7 Å². The Morgan fingerprint density at radius 2 is 1.57 bits per heavy atom. The third kappa shape index (κ3) is 5.11. The minimum atomic E-state index is -0.636. The Hall–Kier alpha value is -2.88. The van der Waals surface area contributed by atoms with Crippen molar-refractivity contribution in [3.8, 4) is 5.75 Å². The van der Waals surface area contributed by atoms with Crippen LogP contribution in [-0.2, 0) is 14.3 Å². The zero-order valence-electron chi connectivity index (χ0n) is 13.1. The Morgan fingerprint density at radius 1 is 0.913 bits per heavy atom. The van der Waals surface area contributed by atoms with Crippen molar-refractivity contribution in [2.75, 3.05) is 0 Å². The van der Waals surface area contributed by atoms with Crippen LogP contribution in [0.5, 0.6) is 5.75 Å². The van der Waals surface area contributed by atoms with Crippen LogP contribution in [0.1, 0.15) is 31.1 Å². The van der Waals surface area contributed by atoms with Gasteiger partial charge in [0.1, 0.15) is 11.9 Å². The molecule has 4 nitrogen and oxygen atoms in total. The second kappa shape index (κ2) is 7.94. The van der Waals surface area contributed by atoms with Crippen LogP contribution in [0.2, 0.25) is 0 Å². The molecule has 23 heavy (non-hydrogen) atoms. The van der Waals surface area contributed by atoms with E-state index in [0.29, 0.717) is 11.3 Å². The van der Waals surface area contributed by atoms with Gasteiger partial charge in [0.25, 0.3) is 0 Å². The van der Waals surface area contributed by atoms with E-state index in [1.807, 2.05) is 36.4 Å². The number of rotatable bonds is 5. The largest absolute Gasteiger partial charge is 0.453 e. The SMILES string of the molecule is CC(=O)Oc1ccccc1[C@@H](/C=C/c1ccccc1)OC(C)=O. The molecule has 0 saturated heterocycles. The summed E-state index contributed by atoms with van der Waals surface area (Å²) >= 11 is 0. The topological polar surface area (TPSA) is 52.6 Å². The molecule has 0 heterocycles. The molecule has 2 rings (SSSR count). The van der Waals surface area contributed by atoms with E-state index in [2.05, 4.69) is 0 Å². The summed E-state index contributed by atoms with van der Waals surface area (Å²) in [5.41, 5.74) is 1.60. The van der Waals surface area contributed by atoms with Crippen molar-refractivity contribution < 1.29 is 19.1 Å². The van der Waals surface area contributed by atoms with Crippen LogP contribution in [-0.4, -0.2) is 11.9 Å². The van der Waals surface area contributed by atoms with Crippen LogP contribution >= 0.6 is 0 Å². The average Bonchev–Trinajstić information content (AvgIpc) is 2.52. The summed E-state index contributed by atoms with van der Waals surface area (Å²) in [5, 5.41) is 0. The molecule has 0 saturated carbocycles. The highest BCUT2D eigenvalue weighted by molar-refractivity contribution is 5.70. The van der Waals surface area contributed by atoms with Gasteiger partial charge in [0, 0.05) is 19.4 Å². The number of para-hydroxylation sites is 1. The third-order valence-corrected chi connectivity index (χ3v) is 3.04. The van der Waals surface area contributed by atoms with E-state index >= 15 is 0 Å². The van der Waals surface area contributed by atoms with Gasteiger partial charge in [-0.15, -0.1) is 0 Å². The highest BCUT2D eigenvalue weighted by atomic mass is 16.6. The average molecular weight is 310 g/mol. The van der Waals surface area contributed by atoms with Crippen molar-refractivity contribution >= 4 is 18.0 Å². The summed E-state index contributed by atoms with van der Waals surface area (Å²) in [6, 6.07) is 16.7. The molecule has 1 atom stereocenters. The lowest BCUT2D eigenvalue weighted by Gasteiger charge is -2.16. The van der Waals surface area contributed by atoms with Crippen molar-refractivity contribution in [3.05, 3.63) is 71.8 Å². The van der Waals surface area contributed by atoms with E-state index < -0.39 is 18.0 Å². The highest BCUT2D eigenvalue weighted by Crippen LogP contribution is 2.29. The maximum absolute atomic E-state index is 11.4. The monoisotopic (exact) mass is 310 g/mol. The predicted molar refractivity (Wildman–Crippen MR) is 87.7 cm³/mol. The molecule has 2 aromatic carbocycles. The fourth-order valence-electron chi connectivity index (χ4n) is 2.11. The zero-order chi connectivity index (χ0) is 16.7. The number of ether oxygens (including phenoxy) is 2. The second-order valence-corrected chi connectivity index (χ2v) is 4.93. The lowest BCUT2D eigenvalue weighted by Crippen LogP contribution is -2.10. The van der Waals surface area contributed by atoms with E-state index in [-0.39, 0.29) is 0 Å². The fraction of sp³-hybridized carbons (Fsp3) is 0.158. The van der Waals surface area contributed by atoms with E-state index in [9.17, 15) is 9.59 Å². The van der Waals surface area contributed by atoms with Crippen molar-refractivity contribution in [1.29, 1.82) is 0 Å². The summed E-state index contributed by atoms with van der Waals surface area (Å²) in [4.78, 5) is 22.6. The molecule has 118 valence electrons. The molecular formula is C19H18O4. The van der Waals surface area contributed by atoms with E-state index in [1.165, 1.54) is 13.8 Å². The van der Waals surface area contributed by atoms with Crippen molar-refractivity contribution in [1.82, 2.24) is 0 Å². The molecule has 0 unspecified atom stereocenters. The summed E-state index contributed by atoms with van der Waals surface area (Å²) in [7, 11) is 0. The maximum Gasteiger partial charge on any atom is 0.308 e. The van der Waals surface area contributed by atoms with E-state index in [1.54, 1.807) is 30.3 Å². The molecule has 4 heteroatoms. The molecular weight excluding hydrogens is 292 g/mol. The Kier molecular flexibility index (Phi) is 5.69. The van der Waals surface area contributed by atoms with Crippen LogP contribution in [0.15, 0.2) is 60.7 Å². The Labute approximate surface area is 135 Å². The van der Waals surface area contributed by atoms with Gasteiger partial charge >= 0.3 is 11.9 Å². The van der Waals surface area contributed by atoms with Gasteiger partial charge in [-0.3, -0.25) is 9.59 Å². The van der Waals surface area contributed by atoms with Gasteiger partial charge in [0.15, 0.2) is 0 Å². The Bertz CT molecular complexity index is 704. The number of esters is 2. The van der Waals surface area contributed by atoms with E-state index in [4.69, 9.17) is 9.47 Å².